The van der Waals surface area contributed by atoms with Crippen molar-refractivity contribution in [2.75, 3.05) is 13.7 Å². The summed E-state index contributed by atoms with van der Waals surface area (Å²) in [5, 5.41) is 3.55. The van der Waals surface area contributed by atoms with Crippen molar-refractivity contribution >= 4 is 11.7 Å². The van der Waals surface area contributed by atoms with E-state index in [0.717, 1.165) is 12.1 Å². The molecule has 0 aliphatic rings. The highest BCUT2D eigenvalue weighted by Crippen LogP contribution is 2.29. The van der Waals surface area contributed by atoms with Crippen LogP contribution in [0.5, 0.6) is 0 Å². The highest BCUT2D eigenvalue weighted by molar-refractivity contribution is 5.98. The molecule has 0 N–H and O–H groups in total. The van der Waals surface area contributed by atoms with Crippen molar-refractivity contribution in [3.63, 3.8) is 0 Å². The third-order valence-corrected chi connectivity index (χ3v) is 2.22. The van der Waals surface area contributed by atoms with E-state index >= 15 is 0 Å². The van der Waals surface area contributed by atoms with E-state index in [1.165, 1.54) is 26.2 Å². The van der Waals surface area contributed by atoms with Crippen LogP contribution in [0.25, 0.3) is 0 Å². The van der Waals surface area contributed by atoms with Crippen molar-refractivity contribution in [1.29, 1.82) is 0 Å². The molecule has 0 aliphatic carbocycles. The number of hydrogen-bond acceptors (Lipinski definition) is 4. The summed E-state index contributed by atoms with van der Waals surface area (Å²) >= 11 is 0. The third kappa shape index (κ3) is 4.61. The van der Waals surface area contributed by atoms with Gasteiger partial charge in [0.1, 0.15) is 0 Å². The first-order chi connectivity index (χ1) is 8.84. The van der Waals surface area contributed by atoms with E-state index in [1.54, 1.807) is 0 Å². The summed E-state index contributed by atoms with van der Waals surface area (Å²) in [4.78, 5) is 15.4. The van der Waals surface area contributed by atoms with E-state index < -0.39 is 24.3 Å². The second-order valence-corrected chi connectivity index (χ2v) is 3.60. The van der Waals surface area contributed by atoms with Crippen LogP contribution < -0.4 is 0 Å². The number of rotatable bonds is 4. The predicted octanol–water partition coefficient (Wildman–Crippen LogP) is 2.62. The average molecular weight is 275 g/mol. The fraction of sp³-hybridized carbons (Fsp3) is 0.333. The second-order valence-electron chi connectivity index (χ2n) is 3.60. The number of esters is 1. The smallest absolute Gasteiger partial charge is 0.416 e. The summed E-state index contributed by atoms with van der Waals surface area (Å²) in [6.45, 7) is 1.08. The van der Waals surface area contributed by atoms with Gasteiger partial charge in [0, 0.05) is 0 Å². The summed E-state index contributed by atoms with van der Waals surface area (Å²) in [6, 6.07) is 4.67. The zero-order valence-electron chi connectivity index (χ0n) is 10.3. The molecular weight excluding hydrogens is 263 g/mol. The molecule has 0 saturated carbocycles. The zero-order chi connectivity index (χ0) is 14.5. The van der Waals surface area contributed by atoms with Crippen molar-refractivity contribution in [3.05, 3.63) is 35.4 Å². The summed E-state index contributed by atoms with van der Waals surface area (Å²) in [7, 11) is 1.19. The quantitative estimate of drug-likeness (QED) is 0.482. The Balaban J connectivity index is 2.79. The molecule has 0 atom stereocenters. The van der Waals surface area contributed by atoms with Crippen LogP contribution in [-0.2, 0) is 20.5 Å². The molecule has 1 aromatic rings. The maximum atomic E-state index is 12.5. The van der Waals surface area contributed by atoms with Gasteiger partial charge in [-0.1, -0.05) is 17.3 Å². The molecule has 0 unspecified atom stereocenters. The number of methoxy groups -OCH3 is 1. The molecule has 0 amide bonds. The Labute approximate surface area is 107 Å². The van der Waals surface area contributed by atoms with Crippen LogP contribution in [0, 0.1) is 0 Å². The van der Waals surface area contributed by atoms with Gasteiger partial charge in [0.15, 0.2) is 0 Å². The van der Waals surface area contributed by atoms with Crippen LogP contribution in [-0.4, -0.2) is 25.4 Å². The molecule has 0 aromatic heterocycles. The second kappa shape index (κ2) is 6.21. The Morgan fingerprint density at radius 1 is 1.37 bits per heavy atom. The standard InChI is InChI=1S/C12H12F3NO3/c1-8(16-19-7-11(17)18-2)9-4-3-5-10(6-9)12(13,14)15/h3-6H,7H2,1-2H3. The minimum atomic E-state index is -4.41. The number of ether oxygens (including phenoxy) is 1. The van der Waals surface area contributed by atoms with Gasteiger partial charge in [0.2, 0.25) is 6.61 Å². The lowest BCUT2D eigenvalue weighted by Crippen LogP contribution is -2.09. The van der Waals surface area contributed by atoms with E-state index in [0.29, 0.717) is 0 Å². The molecule has 0 aliphatic heterocycles. The van der Waals surface area contributed by atoms with Gasteiger partial charge in [-0.05, 0) is 24.6 Å². The van der Waals surface area contributed by atoms with Crippen molar-refractivity contribution in [2.24, 2.45) is 5.16 Å². The maximum absolute atomic E-state index is 12.5. The summed E-state index contributed by atoms with van der Waals surface area (Å²) < 4.78 is 41.8. The Morgan fingerprint density at radius 3 is 2.63 bits per heavy atom. The summed E-state index contributed by atoms with van der Waals surface area (Å²) in [5.41, 5.74) is -0.276. The SMILES string of the molecule is COC(=O)CON=C(C)c1cccc(C(F)(F)F)c1. The first-order valence-corrected chi connectivity index (χ1v) is 5.25. The average Bonchev–Trinajstić information content (AvgIpc) is 2.37. The molecule has 0 radical (unpaired) electrons. The van der Waals surface area contributed by atoms with Gasteiger partial charge in [0.25, 0.3) is 0 Å². The van der Waals surface area contributed by atoms with Gasteiger partial charge in [-0.3, -0.25) is 0 Å². The largest absolute Gasteiger partial charge is 0.466 e. The minimum Gasteiger partial charge on any atom is -0.466 e. The Hall–Kier alpha value is -2.05. The van der Waals surface area contributed by atoms with Crippen molar-refractivity contribution in [3.8, 4) is 0 Å². The zero-order valence-corrected chi connectivity index (χ0v) is 10.3. The lowest BCUT2D eigenvalue weighted by atomic mass is 10.1. The molecule has 0 heterocycles. The molecular formula is C12H12F3NO3. The van der Waals surface area contributed by atoms with Gasteiger partial charge >= 0.3 is 12.1 Å². The molecule has 0 fully saturated rings. The van der Waals surface area contributed by atoms with Crippen LogP contribution >= 0.6 is 0 Å². The van der Waals surface area contributed by atoms with Crippen LogP contribution in [0.4, 0.5) is 13.2 Å². The first kappa shape index (κ1) is 15.0. The Kier molecular flexibility index (Phi) is 4.91. The van der Waals surface area contributed by atoms with E-state index in [2.05, 4.69) is 14.7 Å². The predicted molar refractivity (Wildman–Crippen MR) is 61.6 cm³/mol. The number of hydrogen-bond donors (Lipinski definition) is 0. The number of nitrogens with zero attached hydrogens (tertiary/aromatic N) is 1. The fourth-order valence-electron chi connectivity index (χ4n) is 1.21. The van der Waals surface area contributed by atoms with Gasteiger partial charge in [-0.2, -0.15) is 13.2 Å². The number of halogens is 3. The number of carbonyl (C=O) groups is 1. The van der Waals surface area contributed by atoms with E-state index in [9.17, 15) is 18.0 Å². The molecule has 7 heteroatoms. The lowest BCUT2D eigenvalue weighted by Gasteiger charge is -2.08. The topological polar surface area (TPSA) is 47.9 Å². The monoisotopic (exact) mass is 275 g/mol. The van der Waals surface area contributed by atoms with E-state index in [-0.39, 0.29) is 11.3 Å². The number of oxime groups is 1. The highest BCUT2D eigenvalue weighted by atomic mass is 19.4. The van der Waals surface area contributed by atoms with Crippen LogP contribution in [0.15, 0.2) is 29.4 Å². The molecule has 1 rings (SSSR count). The van der Waals surface area contributed by atoms with Gasteiger partial charge in [-0.15, -0.1) is 0 Å². The highest BCUT2D eigenvalue weighted by Gasteiger charge is 2.30. The fourth-order valence-corrected chi connectivity index (χ4v) is 1.21. The van der Waals surface area contributed by atoms with Crippen LogP contribution in [0.3, 0.4) is 0 Å². The number of alkyl halides is 3. The van der Waals surface area contributed by atoms with Gasteiger partial charge in [0.05, 0.1) is 18.4 Å². The lowest BCUT2D eigenvalue weighted by molar-refractivity contribution is -0.145. The Morgan fingerprint density at radius 2 is 2.05 bits per heavy atom. The first-order valence-electron chi connectivity index (χ1n) is 5.25. The van der Waals surface area contributed by atoms with Crippen molar-refractivity contribution in [2.45, 2.75) is 13.1 Å². The van der Waals surface area contributed by atoms with Crippen molar-refractivity contribution in [1.82, 2.24) is 0 Å². The van der Waals surface area contributed by atoms with Crippen LogP contribution in [0.2, 0.25) is 0 Å². The molecule has 0 saturated heterocycles. The third-order valence-electron chi connectivity index (χ3n) is 2.22. The Bertz CT molecular complexity index is 483. The summed E-state index contributed by atoms with van der Waals surface area (Å²) in [5.74, 6) is -0.624. The molecule has 4 nitrogen and oxygen atoms in total. The van der Waals surface area contributed by atoms with Gasteiger partial charge in [-0.25, -0.2) is 4.79 Å². The molecule has 0 bridgehead atoms. The molecule has 1 aromatic carbocycles. The van der Waals surface area contributed by atoms with Crippen molar-refractivity contribution < 1.29 is 27.5 Å². The van der Waals surface area contributed by atoms with Gasteiger partial charge < -0.3 is 9.57 Å². The molecule has 104 valence electrons. The molecule has 0 spiro atoms. The maximum Gasteiger partial charge on any atom is 0.416 e. The number of benzene rings is 1. The van der Waals surface area contributed by atoms with Crippen LogP contribution in [0.1, 0.15) is 18.1 Å². The minimum absolute atomic E-state index is 0.231. The van der Waals surface area contributed by atoms with E-state index in [1.807, 2.05) is 0 Å². The molecule has 19 heavy (non-hydrogen) atoms. The van der Waals surface area contributed by atoms with E-state index in [4.69, 9.17) is 0 Å². The summed E-state index contributed by atoms with van der Waals surface area (Å²) in [6.07, 6.45) is -4.41. The number of carbonyl (C=O) groups excluding carboxylic acids is 1. The normalized spacial score (nSPS) is 12.2.